The summed E-state index contributed by atoms with van der Waals surface area (Å²) in [4.78, 5) is 12.1. The van der Waals surface area contributed by atoms with Crippen molar-refractivity contribution in [1.82, 2.24) is 10.6 Å². The third-order valence-corrected chi connectivity index (χ3v) is 3.17. The van der Waals surface area contributed by atoms with E-state index >= 15 is 0 Å². The van der Waals surface area contributed by atoms with Gasteiger partial charge in [-0.25, -0.2) is 4.39 Å². The summed E-state index contributed by atoms with van der Waals surface area (Å²) in [6.45, 7) is 4.23. The van der Waals surface area contributed by atoms with Crippen LogP contribution in [-0.4, -0.2) is 39.3 Å². The normalized spacial score (nSPS) is 10.5. The maximum atomic E-state index is 13.2. The SMILES string of the molecule is COCCNCCNC(=O)c1oc2ccc(F)cc2c1C.Cl. The molecule has 122 valence electrons. The number of furan rings is 1. The van der Waals surface area contributed by atoms with Gasteiger partial charge in [-0.1, -0.05) is 0 Å². The van der Waals surface area contributed by atoms with Crippen LogP contribution in [0.4, 0.5) is 4.39 Å². The second-order valence-corrected chi connectivity index (χ2v) is 4.70. The van der Waals surface area contributed by atoms with Crippen LogP contribution in [-0.2, 0) is 4.74 Å². The fraction of sp³-hybridized carbons (Fsp3) is 0.400. The first-order valence-electron chi connectivity index (χ1n) is 6.80. The van der Waals surface area contributed by atoms with E-state index in [0.29, 0.717) is 36.2 Å². The molecule has 1 heterocycles. The van der Waals surface area contributed by atoms with Crippen LogP contribution >= 0.6 is 12.4 Å². The Morgan fingerprint density at radius 1 is 1.32 bits per heavy atom. The maximum Gasteiger partial charge on any atom is 0.287 e. The molecule has 0 radical (unpaired) electrons. The highest BCUT2D eigenvalue weighted by molar-refractivity contribution is 5.98. The fourth-order valence-corrected chi connectivity index (χ4v) is 2.05. The Labute approximate surface area is 134 Å². The molecule has 0 bridgehead atoms. The van der Waals surface area contributed by atoms with Gasteiger partial charge in [0, 0.05) is 37.7 Å². The summed E-state index contributed by atoms with van der Waals surface area (Å²) >= 11 is 0. The molecule has 5 nitrogen and oxygen atoms in total. The van der Waals surface area contributed by atoms with E-state index in [9.17, 15) is 9.18 Å². The number of hydrogen-bond donors (Lipinski definition) is 2. The minimum absolute atomic E-state index is 0. The van der Waals surface area contributed by atoms with Crippen molar-refractivity contribution in [2.45, 2.75) is 6.92 Å². The lowest BCUT2D eigenvalue weighted by atomic mass is 10.1. The number of ether oxygens (including phenoxy) is 1. The quantitative estimate of drug-likeness (QED) is 0.764. The number of aryl methyl sites for hydroxylation is 1. The lowest BCUT2D eigenvalue weighted by molar-refractivity contribution is 0.0927. The van der Waals surface area contributed by atoms with Crippen molar-refractivity contribution < 1.29 is 18.3 Å². The highest BCUT2D eigenvalue weighted by atomic mass is 35.5. The molecule has 2 N–H and O–H groups in total. The number of fused-ring (bicyclic) bond motifs is 1. The summed E-state index contributed by atoms with van der Waals surface area (Å²) in [5, 5.41) is 6.51. The average Bonchev–Trinajstić information content (AvgIpc) is 2.79. The first-order valence-corrected chi connectivity index (χ1v) is 6.80. The molecule has 0 aliphatic carbocycles. The van der Waals surface area contributed by atoms with Crippen molar-refractivity contribution in [3.8, 4) is 0 Å². The minimum Gasteiger partial charge on any atom is -0.451 e. The first kappa shape index (κ1) is 18.4. The average molecular weight is 331 g/mol. The molecule has 0 saturated heterocycles. The molecular weight excluding hydrogens is 311 g/mol. The molecule has 0 unspecified atom stereocenters. The zero-order valence-electron chi connectivity index (χ0n) is 12.6. The molecule has 0 fully saturated rings. The standard InChI is InChI=1S/C15H19FN2O3.ClH/c1-10-12-9-11(16)3-4-13(12)21-14(10)15(19)18-6-5-17-7-8-20-2;/h3-4,9,17H,5-8H2,1-2H3,(H,18,19);1H. The summed E-state index contributed by atoms with van der Waals surface area (Å²) in [6, 6.07) is 4.21. The van der Waals surface area contributed by atoms with Gasteiger partial charge in [0.25, 0.3) is 5.91 Å². The van der Waals surface area contributed by atoms with Gasteiger partial charge < -0.3 is 19.8 Å². The summed E-state index contributed by atoms with van der Waals surface area (Å²) in [5.41, 5.74) is 1.16. The van der Waals surface area contributed by atoms with Gasteiger partial charge in [-0.3, -0.25) is 4.79 Å². The van der Waals surface area contributed by atoms with Crippen LogP contribution in [0.1, 0.15) is 16.1 Å². The molecule has 2 aromatic rings. The number of carbonyl (C=O) groups is 1. The summed E-state index contributed by atoms with van der Waals surface area (Å²) in [5.74, 6) is -0.411. The van der Waals surface area contributed by atoms with Gasteiger partial charge in [0.15, 0.2) is 5.76 Å². The fourth-order valence-electron chi connectivity index (χ4n) is 2.05. The Morgan fingerprint density at radius 3 is 2.82 bits per heavy atom. The molecule has 1 aromatic heterocycles. The van der Waals surface area contributed by atoms with Gasteiger partial charge in [-0.2, -0.15) is 0 Å². The number of carbonyl (C=O) groups excluding carboxylic acids is 1. The molecule has 0 spiro atoms. The second kappa shape index (κ2) is 8.73. The van der Waals surface area contributed by atoms with Gasteiger partial charge in [-0.05, 0) is 25.1 Å². The molecule has 1 aromatic carbocycles. The molecular formula is C15H20ClFN2O3. The van der Waals surface area contributed by atoms with Crippen molar-refractivity contribution in [1.29, 1.82) is 0 Å². The number of methoxy groups -OCH3 is 1. The molecule has 2 rings (SSSR count). The number of amides is 1. The van der Waals surface area contributed by atoms with E-state index in [2.05, 4.69) is 10.6 Å². The van der Waals surface area contributed by atoms with Crippen molar-refractivity contribution >= 4 is 29.3 Å². The zero-order valence-corrected chi connectivity index (χ0v) is 13.4. The Morgan fingerprint density at radius 2 is 2.09 bits per heavy atom. The predicted octanol–water partition coefficient (Wildman–Crippen LogP) is 2.27. The van der Waals surface area contributed by atoms with Gasteiger partial charge in [-0.15, -0.1) is 12.4 Å². The van der Waals surface area contributed by atoms with E-state index in [1.807, 2.05) is 0 Å². The Hall–Kier alpha value is -1.63. The van der Waals surface area contributed by atoms with Crippen LogP contribution in [0.3, 0.4) is 0 Å². The van der Waals surface area contributed by atoms with Crippen LogP contribution in [0.2, 0.25) is 0 Å². The van der Waals surface area contributed by atoms with E-state index in [1.165, 1.54) is 18.2 Å². The lowest BCUT2D eigenvalue weighted by Gasteiger charge is -2.05. The number of benzene rings is 1. The molecule has 0 atom stereocenters. The topological polar surface area (TPSA) is 63.5 Å². The minimum atomic E-state index is -0.347. The van der Waals surface area contributed by atoms with E-state index in [1.54, 1.807) is 14.0 Å². The Balaban J connectivity index is 0.00000242. The van der Waals surface area contributed by atoms with Crippen LogP contribution in [0, 0.1) is 12.7 Å². The summed E-state index contributed by atoms with van der Waals surface area (Å²) in [7, 11) is 1.64. The number of rotatable bonds is 7. The lowest BCUT2D eigenvalue weighted by Crippen LogP contribution is -2.33. The van der Waals surface area contributed by atoms with Gasteiger partial charge in [0.05, 0.1) is 6.61 Å². The Bertz CT molecular complexity index is 631. The highest BCUT2D eigenvalue weighted by Crippen LogP contribution is 2.25. The first-order chi connectivity index (χ1) is 10.1. The van der Waals surface area contributed by atoms with Gasteiger partial charge in [0.1, 0.15) is 11.4 Å². The predicted molar refractivity (Wildman–Crippen MR) is 85.2 cm³/mol. The molecule has 22 heavy (non-hydrogen) atoms. The molecule has 0 aliphatic rings. The zero-order chi connectivity index (χ0) is 15.2. The molecule has 1 amide bonds. The number of halogens is 2. The van der Waals surface area contributed by atoms with Crippen molar-refractivity contribution in [2.24, 2.45) is 0 Å². The second-order valence-electron chi connectivity index (χ2n) is 4.70. The van der Waals surface area contributed by atoms with E-state index in [-0.39, 0.29) is 29.9 Å². The highest BCUT2D eigenvalue weighted by Gasteiger charge is 2.17. The van der Waals surface area contributed by atoms with Crippen LogP contribution < -0.4 is 10.6 Å². The van der Waals surface area contributed by atoms with Crippen molar-refractivity contribution in [3.63, 3.8) is 0 Å². The van der Waals surface area contributed by atoms with Crippen molar-refractivity contribution in [2.75, 3.05) is 33.4 Å². The maximum absolute atomic E-state index is 13.2. The molecule has 7 heteroatoms. The van der Waals surface area contributed by atoms with Crippen LogP contribution in [0.5, 0.6) is 0 Å². The number of nitrogens with one attached hydrogen (secondary N) is 2. The van der Waals surface area contributed by atoms with E-state index in [0.717, 1.165) is 6.54 Å². The Kier molecular flexibility index (Phi) is 7.31. The van der Waals surface area contributed by atoms with Crippen molar-refractivity contribution in [3.05, 3.63) is 35.3 Å². The summed E-state index contributed by atoms with van der Waals surface area (Å²) in [6.07, 6.45) is 0. The van der Waals surface area contributed by atoms with Gasteiger partial charge >= 0.3 is 0 Å². The van der Waals surface area contributed by atoms with E-state index in [4.69, 9.17) is 9.15 Å². The van der Waals surface area contributed by atoms with Crippen LogP contribution in [0.25, 0.3) is 11.0 Å². The smallest absolute Gasteiger partial charge is 0.287 e. The number of hydrogen-bond acceptors (Lipinski definition) is 4. The summed E-state index contributed by atoms with van der Waals surface area (Å²) < 4.78 is 23.6. The monoisotopic (exact) mass is 330 g/mol. The molecule has 0 aliphatic heterocycles. The largest absolute Gasteiger partial charge is 0.451 e. The van der Waals surface area contributed by atoms with E-state index < -0.39 is 0 Å². The third kappa shape index (κ3) is 4.43. The third-order valence-electron chi connectivity index (χ3n) is 3.17. The molecule has 0 saturated carbocycles. The van der Waals surface area contributed by atoms with Gasteiger partial charge in [0.2, 0.25) is 0 Å². The van der Waals surface area contributed by atoms with Crippen LogP contribution in [0.15, 0.2) is 22.6 Å².